The van der Waals surface area contributed by atoms with Crippen molar-refractivity contribution in [3.8, 4) is 6.01 Å². The molecule has 1 aliphatic carbocycles. The van der Waals surface area contributed by atoms with E-state index in [4.69, 9.17) is 10.5 Å². The standard InChI is InChI=1S/C14H18N4O/c15-10-6-2-1-3-9-13(10)19-14-16-11-7-4-5-8-12(11)17-18-14/h4-5,7-8,10,13H,1-3,6,9,15H2. The fourth-order valence-corrected chi connectivity index (χ4v) is 2.50. The van der Waals surface area contributed by atoms with Crippen LogP contribution in [-0.2, 0) is 0 Å². The minimum atomic E-state index is 0.00506. The molecule has 3 rings (SSSR count). The van der Waals surface area contributed by atoms with Gasteiger partial charge in [-0.1, -0.05) is 30.1 Å². The number of benzene rings is 1. The van der Waals surface area contributed by atoms with Crippen molar-refractivity contribution in [1.82, 2.24) is 15.2 Å². The number of para-hydroxylation sites is 1. The van der Waals surface area contributed by atoms with Gasteiger partial charge in [0.05, 0.1) is 5.52 Å². The molecule has 2 N–H and O–H groups in total. The summed E-state index contributed by atoms with van der Waals surface area (Å²) in [6.45, 7) is 0. The van der Waals surface area contributed by atoms with E-state index in [-0.39, 0.29) is 12.1 Å². The predicted octanol–water partition coefficient (Wildman–Crippen LogP) is 2.06. The van der Waals surface area contributed by atoms with Crippen LogP contribution in [0.1, 0.15) is 32.1 Å². The van der Waals surface area contributed by atoms with Crippen molar-refractivity contribution >= 4 is 11.0 Å². The molecule has 2 atom stereocenters. The highest BCUT2D eigenvalue weighted by molar-refractivity contribution is 5.73. The van der Waals surface area contributed by atoms with Gasteiger partial charge in [-0.2, -0.15) is 4.98 Å². The third-order valence-electron chi connectivity index (χ3n) is 3.60. The van der Waals surface area contributed by atoms with Crippen LogP contribution in [0.15, 0.2) is 24.3 Å². The highest BCUT2D eigenvalue weighted by Crippen LogP contribution is 2.20. The minimum absolute atomic E-state index is 0.00506. The summed E-state index contributed by atoms with van der Waals surface area (Å²) in [5.74, 6) is 0. The fourth-order valence-electron chi connectivity index (χ4n) is 2.50. The van der Waals surface area contributed by atoms with Crippen molar-refractivity contribution < 1.29 is 4.74 Å². The molecule has 0 spiro atoms. The number of fused-ring (bicyclic) bond motifs is 1. The van der Waals surface area contributed by atoms with E-state index in [0.29, 0.717) is 6.01 Å². The van der Waals surface area contributed by atoms with E-state index in [2.05, 4.69) is 15.2 Å². The lowest BCUT2D eigenvalue weighted by Crippen LogP contribution is -2.38. The Labute approximate surface area is 112 Å². The Kier molecular flexibility index (Phi) is 3.55. The molecule has 1 fully saturated rings. The van der Waals surface area contributed by atoms with Crippen molar-refractivity contribution in [2.24, 2.45) is 5.73 Å². The second-order valence-electron chi connectivity index (χ2n) is 5.04. The Morgan fingerprint density at radius 2 is 1.79 bits per heavy atom. The average molecular weight is 258 g/mol. The molecule has 0 amide bonds. The highest BCUT2D eigenvalue weighted by Gasteiger charge is 2.23. The molecule has 1 aromatic heterocycles. The molecular weight excluding hydrogens is 240 g/mol. The molecule has 1 aromatic carbocycles. The largest absolute Gasteiger partial charge is 0.457 e. The van der Waals surface area contributed by atoms with Gasteiger partial charge < -0.3 is 10.5 Å². The van der Waals surface area contributed by atoms with Crippen LogP contribution >= 0.6 is 0 Å². The summed E-state index contributed by atoms with van der Waals surface area (Å²) >= 11 is 0. The van der Waals surface area contributed by atoms with Crippen LogP contribution in [-0.4, -0.2) is 27.3 Å². The lowest BCUT2D eigenvalue weighted by molar-refractivity contribution is 0.147. The van der Waals surface area contributed by atoms with Crippen LogP contribution in [0.25, 0.3) is 11.0 Å². The smallest absolute Gasteiger partial charge is 0.336 e. The van der Waals surface area contributed by atoms with E-state index in [1.807, 2.05) is 24.3 Å². The van der Waals surface area contributed by atoms with Crippen molar-refractivity contribution in [3.05, 3.63) is 24.3 Å². The molecule has 1 heterocycles. The van der Waals surface area contributed by atoms with Crippen LogP contribution in [0.4, 0.5) is 0 Å². The lowest BCUT2D eigenvalue weighted by atomic mass is 10.1. The van der Waals surface area contributed by atoms with Crippen LogP contribution in [0.5, 0.6) is 6.01 Å². The van der Waals surface area contributed by atoms with E-state index < -0.39 is 0 Å². The third kappa shape index (κ3) is 2.81. The van der Waals surface area contributed by atoms with Gasteiger partial charge in [-0.15, -0.1) is 5.10 Å². The zero-order chi connectivity index (χ0) is 13.1. The van der Waals surface area contributed by atoms with Gasteiger partial charge in [0.1, 0.15) is 11.6 Å². The van der Waals surface area contributed by atoms with E-state index >= 15 is 0 Å². The molecule has 1 saturated carbocycles. The Hall–Kier alpha value is -1.75. The first-order chi connectivity index (χ1) is 9.33. The third-order valence-corrected chi connectivity index (χ3v) is 3.60. The number of rotatable bonds is 2. The van der Waals surface area contributed by atoms with E-state index in [1.54, 1.807) is 0 Å². The predicted molar refractivity (Wildman–Crippen MR) is 72.8 cm³/mol. The van der Waals surface area contributed by atoms with Gasteiger partial charge in [-0.3, -0.25) is 0 Å². The first-order valence-electron chi connectivity index (χ1n) is 6.84. The maximum absolute atomic E-state index is 6.14. The number of aromatic nitrogens is 3. The minimum Gasteiger partial charge on any atom is -0.457 e. The number of nitrogens with two attached hydrogens (primary N) is 1. The molecule has 0 aliphatic heterocycles. The summed E-state index contributed by atoms with van der Waals surface area (Å²) in [6.07, 6.45) is 5.54. The zero-order valence-electron chi connectivity index (χ0n) is 10.8. The second kappa shape index (κ2) is 5.48. The van der Waals surface area contributed by atoms with Gasteiger partial charge in [0, 0.05) is 6.04 Å². The maximum Gasteiger partial charge on any atom is 0.336 e. The number of ether oxygens (including phenoxy) is 1. The Bertz CT molecular complexity index is 560. The van der Waals surface area contributed by atoms with E-state index in [0.717, 1.165) is 30.3 Å². The summed E-state index contributed by atoms with van der Waals surface area (Å²) in [5, 5.41) is 8.14. The molecule has 5 heteroatoms. The molecule has 5 nitrogen and oxygen atoms in total. The molecule has 100 valence electrons. The Morgan fingerprint density at radius 3 is 2.68 bits per heavy atom. The topological polar surface area (TPSA) is 73.9 Å². The molecule has 19 heavy (non-hydrogen) atoms. The molecule has 2 aromatic rings. The van der Waals surface area contributed by atoms with Crippen molar-refractivity contribution in [1.29, 1.82) is 0 Å². The van der Waals surface area contributed by atoms with Gasteiger partial charge in [-0.05, 0) is 31.4 Å². The number of hydrogen-bond acceptors (Lipinski definition) is 5. The summed E-state index contributed by atoms with van der Waals surface area (Å²) in [7, 11) is 0. The number of hydrogen-bond donors (Lipinski definition) is 1. The fraction of sp³-hybridized carbons (Fsp3) is 0.500. The van der Waals surface area contributed by atoms with E-state index in [1.165, 1.54) is 12.8 Å². The molecule has 0 radical (unpaired) electrons. The van der Waals surface area contributed by atoms with Crippen LogP contribution in [0, 0.1) is 0 Å². The van der Waals surface area contributed by atoms with Crippen molar-refractivity contribution in [2.75, 3.05) is 0 Å². The molecular formula is C14H18N4O. The van der Waals surface area contributed by atoms with Gasteiger partial charge >= 0.3 is 6.01 Å². The van der Waals surface area contributed by atoms with Crippen LogP contribution in [0.3, 0.4) is 0 Å². The summed E-state index contributed by atoms with van der Waals surface area (Å²) in [5.41, 5.74) is 7.72. The molecule has 0 saturated heterocycles. The second-order valence-corrected chi connectivity index (χ2v) is 5.04. The van der Waals surface area contributed by atoms with Gasteiger partial charge in [0.25, 0.3) is 0 Å². The quantitative estimate of drug-likeness (QED) is 0.835. The number of nitrogens with zero attached hydrogens (tertiary/aromatic N) is 3. The highest BCUT2D eigenvalue weighted by atomic mass is 16.5. The monoisotopic (exact) mass is 258 g/mol. The average Bonchev–Trinajstić information content (AvgIpc) is 2.64. The molecule has 2 unspecified atom stereocenters. The normalized spacial score (nSPS) is 24.1. The maximum atomic E-state index is 6.14. The van der Waals surface area contributed by atoms with Gasteiger partial charge in [0.15, 0.2) is 0 Å². The van der Waals surface area contributed by atoms with Crippen molar-refractivity contribution in [2.45, 2.75) is 44.2 Å². The molecule has 1 aliphatic rings. The SMILES string of the molecule is NC1CCCCCC1Oc1nnc2ccccc2n1. The summed E-state index contributed by atoms with van der Waals surface area (Å²) in [6, 6.07) is 8.04. The van der Waals surface area contributed by atoms with Crippen LogP contribution in [0.2, 0.25) is 0 Å². The summed E-state index contributed by atoms with van der Waals surface area (Å²) < 4.78 is 5.85. The Morgan fingerprint density at radius 1 is 1.00 bits per heavy atom. The van der Waals surface area contributed by atoms with Gasteiger partial charge in [-0.25, -0.2) is 0 Å². The first-order valence-corrected chi connectivity index (χ1v) is 6.84. The Balaban J connectivity index is 1.80. The van der Waals surface area contributed by atoms with E-state index in [9.17, 15) is 0 Å². The van der Waals surface area contributed by atoms with Gasteiger partial charge in [0.2, 0.25) is 0 Å². The zero-order valence-corrected chi connectivity index (χ0v) is 10.8. The van der Waals surface area contributed by atoms with Crippen molar-refractivity contribution in [3.63, 3.8) is 0 Å². The van der Waals surface area contributed by atoms with Crippen LogP contribution < -0.4 is 10.5 Å². The summed E-state index contributed by atoms with van der Waals surface area (Å²) in [4.78, 5) is 4.38. The molecule has 0 bridgehead atoms. The first kappa shape index (κ1) is 12.3. The lowest BCUT2D eigenvalue weighted by Gasteiger charge is -2.21.